The minimum atomic E-state index is -0.239. The Bertz CT molecular complexity index is 614. The molecular formula is C13H11NO2. The normalized spacial score (nSPS) is 13.1. The van der Waals surface area contributed by atoms with Gasteiger partial charge in [-0.05, 0) is 18.4 Å². The van der Waals surface area contributed by atoms with Gasteiger partial charge in [-0.1, -0.05) is 24.3 Å². The molecule has 0 radical (unpaired) electrons. The average Bonchev–Trinajstić information content (AvgIpc) is 2.28. The highest BCUT2D eigenvalue weighted by molar-refractivity contribution is 5.68. The molecule has 0 N–H and O–H groups in total. The summed E-state index contributed by atoms with van der Waals surface area (Å²) in [5.41, 5.74) is 3.60. The van der Waals surface area contributed by atoms with E-state index in [2.05, 4.69) is 11.1 Å². The van der Waals surface area contributed by atoms with Gasteiger partial charge in [-0.15, -0.1) is 0 Å². The zero-order valence-corrected chi connectivity index (χ0v) is 8.99. The highest BCUT2D eigenvalue weighted by atomic mass is 16.4. The van der Waals surface area contributed by atoms with E-state index in [-0.39, 0.29) is 5.63 Å². The summed E-state index contributed by atoms with van der Waals surface area (Å²) < 4.78 is 5.02. The summed E-state index contributed by atoms with van der Waals surface area (Å²) in [6, 6.07) is 8.09. The van der Waals surface area contributed by atoms with Gasteiger partial charge in [0.15, 0.2) is 5.89 Å². The number of fused-ring (bicyclic) bond motifs is 3. The molecule has 0 aliphatic heterocycles. The second-order valence-corrected chi connectivity index (χ2v) is 4.00. The lowest BCUT2D eigenvalue weighted by atomic mass is 9.90. The van der Waals surface area contributed by atoms with Crippen LogP contribution in [0, 0.1) is 6.92 Å². The number of hydrogen-bond acceptors (Lipinski definition) is 3. The summed E-state index contributed by atoms with van der Waals surface area (Å²) >= 11 is 0. The summed E-state index contributed by atoms with van der Waals surface area (Å²) in [4.78, 5) is 16.0. The first-order valence-corrected chi connectivity index (χ1v) is 5.34. The maximum absolute atomic E-state index is 11.7. The zero-order chi connectivity index (χ0) is 11.1. The molecule has 0 unspecified atom stereocenters. The Labute approximate surface area is 92.8 Å². The van der Waals surface area contributed by atoms with Crippen molar-refractivity contribution in [3.05, 3.63) is 51.7 Å². The molecule has 1 aliphatic rings. The van der Waals surface area contributed by atoms with Crippen molar-refractivity contribution >= 4 is 0 Å². The smallest absolute Gasteiger partial charge is 0.342 e. The Hall–Kier alpha value is -1.90. The van der Waals surface area contributed by atoms with Crippen LogP contribution in [0.5, 0.6) is 0 Å². The summed E-state index contributed by atoms with van der Waals surface area (Å²) in [7, 11) is 0. The Kier molecular flexibility index (Phi) is 1.93. The van der Waals surface area contributed by atoms with Crippen molar-refractivity contribution in [3.8, 4) is 11.3 Å². The number of aromatic nitrogens is 1. The lowest BCUT2D eigenvalue weighted by Crippen LogP contribution is -2.17. The summed E-state index contributed by atoms with van der Waals surface area (Å²) in [5.74, 6) is 0.431. The Morgan fingerprint density at radius 1 is 1.25 bits per heavy atom. The Morgan fingerprint density at radius 3 is 2.94 bits per heavy atom. The predicted molar refractivity (Wildman–Crippen MR) is 60.4 cm³/mol. The molecular weight excluding hydrogens is 202 g/mol. The highest BCUT2D eigenvalue weighted by Crippen LogP contribution is 2.29. The molecule has 0 amide bonds. The maximum atomic E-state index is 11.7. The third kappa shape index (κ3) is 1.28. The second kappa shape index (κ2) is 3.30. The van der Waals surface area contributed by atoms with Gasteiger partial charge >= 0.3 is 5.63 Å². The summed E-state index contributed by atoms with van der Waals surface area (Å²) in [6.07, 6.45) is 1.61. The van der Waals surface area contributed by atoms with Gasteiger partial charge in [0.25, 0.3) is 0 Å². The quantitative estimate of drug-likeness (QED) is 0.673. The molecule has 0 spiro atoms. The maximum Gasteiger partial charge on any atom is 0.342 e. The van der Waals surface area contributed by atoms with E-state index in [9.17, 15) is 4.79 Å². The van der Waals surface area contributed by atoms with Crippen molar-refractivity contribution in [2.75, 3.05) is 0 Å². The van der Waals surface area contributed by atoms with E-state index in [1.54, 1.807) is 6.92 Å². The van der Waals surface area contributed by atoms with Crippen LogP contribution in [0.3, 0.4) is 0 Å². The van der Waals surface area contributed by atoms with Gasteiger partial charge in [-0.2, -0.15) is 0 Å². The number of rotatable bonds is 0. The van der Waals surface area contributed by atoms with Crippen LogP contribution in [0.25, 0.3) is 11.3 Å². The van der Waals surface area contributed by atoms with E-state index in [1.807, 2.05) is 18.2 Å². The standard InChI is InChI=1S/C13H11NO2/c1-8-14-12-10-5-3-2-4-9(10)6-7-11(12)13(15)16-8/h2-5H,6-7H2,1H3. The molecule has 1 aromatic heterocycles. The largest absolute Gasteiger partial charge is 0.408 e. The molecule has 2 aromatic rings. The molecule has 3 heteroatoms. The molecule has 3 rings (SSSR count). The fourth-order valence-corrected chi connectivity index (χ4v) is 2.21. The van der Waals surface area contributed by atoms with Gasteiger partial charge in [0.05, 0.1) is 11.3 Å². The first-order chi connectivity index (χ1) is 7.75. The van der Waals surface area contributed by atoms with Crippen molar-refractivity contribution in [2.24, 2.45) is 0 Å². The third-order valence-corrected chi connectivity index (χ3v) is 2.96. The van der Waals surface area contributed by atoms with Crippen molar-refractivity contribution in [1.82, 2.24) is 4.98 Å². The number of hydrogen-bond donors (Lipinski definition) is 0. The van der Waals surface area contributed by atoms with Gasteiger partial charge in [-0.3, -0.25) is 0 Å². The van der Waals surface area contributed by atoms with E-state index in [0.717, 1.165) is 24.1 Å². The number of aryl methyl sites for hydroxylation is 2. The highest BCUT2D eigenvalue weighted by Gasteiger charge is 2.20. The molecule has 1 aliphatic carbocycles. The molecule has 0 saturated heterocycles. The van der Waals surface area contributed by atoms with Gasteiger partial charge in [0.1, 0.15) is 0 Å². The SMILES string of the molecule is Cc1nc2c(c(=O)o1)CCc1ccccc1-2. The number of nitrogens with zero attached hydrogens (tertiary/aromatic N) is 1. The molecule has 80 valence electrons. The molecule has 0 atom stereocenters. The zero-order valence-electron chi connectivity index (χ0n) is 8.99. The summed E-state index contributed by atoms with van der Waals surface area (Å²) in [6.45, 7) is 1.71. The van der Waals surface area contributed by atoms with Gasteiger partial charge < -0.3 is 4.42 Å². The first kappa shape index (κ1) is 9.33. The van der Waals surface area contributed by atoms with E-state index < -0.39 is 0 Å². The fourth-order valence-electron chi connectivity index (χ4n) is 2.21. The van der Waals surface area contributed by atoms with Crippen LogP contribution < -0.4 is 5.63 Å². The van der Waals surface area contributed by atoms with E-state index in [4.69, 9.17) is 4.42 Å². The molecule has 16 heavy (non-hydrogen) atoms. The fraction of sp³-hybridized carbons (Fsp3) is 0.231. The van der Waals surface area contributed by atoms with Crippen molar-refractivity contribution in [2.45, 2.75) is 19.8 Å². The molecule has 0 bridgehead atoms. The number of benzene rings is 1. The molecule has 1 aromatic carbocycles. The molecule has 0 saturated carbocycles. The van der Waals surface area contributed by atoms with Crippen LogP contribution >= 0.6 is 0 Å². The average molecular weight is 213 g/mol. The van der Waals surface area contributed by atoms with Gasteiger partial charge in [-0.25, -0.2) is 9.78 Å². The predicted octanol–water partition coefficient (Wildman–Crippen LogP) is 2.11. The minimum Gasteiger partial charge on any atom is -0.408 e. The molecule has 0 fully saturated rings. The van der Waals surface area contributed by atoms with Crippen LogP contribution in [-0.4, -0.2) is 4.98 Å². The van der Waals surface area contributed by atoms with E-state index >= 15 is 0 Å². The van der Waals surface area contributed by atoms with Crippen molar-refractivity contribution in [3.63, 3.8) is 0 Å². The lowest BCUT2D eigenvalue weighted by Gasteiger charge is -2.17. The molecule has 3 nitrogen and oxygen atoms in total. The Balaban J connectivity index is 2.36. The van der Waals surface area contributed by atoms with Crippen LogP contribution in [0.4, 0.5) is 0 Å². The van der Waals surface area contributed by atoms with Gasteiger partial charge in [0.2, 0.25) is 0 Å². The van der Waals surface area contributed by atoms with Crippen molar-refractivity contribution < 1.29 is 4.42 Å². The van der Waals surface area contributed by atoms with E-state index in [1.165, 1.54) is 5.56 Å². The Morgan fingerprint density at radius 2 is 2.06 bits per heavy atom. The van der Waals surface area contributed by atoms with E-state index in [0.29, 0.717) is 11.5 Å². The summed E-state index contributed by atoms with van der Waals surface area (Å²) in [5, 5.41) is 0. The second-order valence-electron chi connectivity index (χ2n) is 4.00. The van der Waals surface area contributed by atoms with Crippen LogP contribution in [0.1, 0.15) is 17.0 Å². The third-order valence-electron chi connectivity index (χ3n) is 2.96. The lowest BCUT2D eigenvalue weighted by molar-refractivity contribution is 0.448. The molecule has 1 heterocycles. The minimum absolute atomic E-state index is 0.239. The van der Waals surface area contributed by atoms with Crippen molar-refractivity contribution in [1.29, 1.82) is 0 Å². The van der Waals surface area contributed by atoms with Crippen LogP contribution in [0.2, 0.25) is 0 Å². The first-order valence-electron chi connectivity index (χ1n) is 5.34. The monoisotopic (exact) mass is 213 g/mol. The van der Waals surface area contributed by atoms with Gasteiger partial charge in [0, 0.05) is 12.5 Å². The van der Waals surface area contributed by atoms with Crippen LogP contribution in [0.15, 0.2) is 33.5 Å². The van der Waals surface area contributed by atoms with Crippen LogP contribution in [-0.2, 0) is 12.8 Å². The topological polar surface area (TPSA) is 43.1 Å².